The Morgan fingerprint density at radius 1 is 0.868 bits per heavy atom. The summed E-state index contributed by atoms with van der Waals surface area (Å²) in [5.74, 6) is 0.677. The molecule has 6 nitrogen and oxygen atoms in total. The van der Waals surface area contributed by atoms with Gasteiger partial charge < -0.3 is 15.4 Å². The molecule has 0 aliphatic carbocycles. The number of para-hydroxylation sites is 1. The van der Waals surface area contributed by atoms with E-state index in [0.717, 1.165) is 17.5 Å². The summed E-state index contributed by atoms with van der Waals surface area (Å²) in [7, 11) is 0. The summed E-state index contributed by atoms with van der Waals surface area (Å²) >= 11 is 0. The van der Waals surface area contributed by atoms with Crippen molar-refractivity contribution >= 4 is 28.4 Å². The number of fused-ring (bicyclic) bond motifs is 1. The Labute approximate surface area is 215 Å². The van der Waals surface area contributed by atoms with E-state index < -0.39 is 17.6 Å². The van der Waals surface area contributed by atoms with Gasteiger partial charge in [0.05, 0.1) is 11.3 Å². The SMILES string of the molecule is CCN(c1ccc(F)cc1)c1nc(Oc2cccc3ccc(N)nc23)cc(-c2ccc(C(F)(F)F)cc2)n1. The molecule has 0 radical (unpaired) electrons. The standard InChI is InChI=1S/C28H21F4N5O/c1-2-37(21-13-11-20(29)12-14-21)27-34-22(17-6-9-19(10-7-17)28(30,31)32)16-25(36-27)38-23-5-3-4-18-8-15-24(33)35-26(18)23/h3-16H,2H2,1H3,(H2,33,35). The quantitative estimate of drug-likeness (QED) is 0.236. The van der Waals surface area contributed by atoms with Gasteiger partial charge in [0.25, 0.3) is 0 Å². The van der Waals surface area contributed by atoms with Gasteiger partial charge in [-0.2, -0.15) is 18.2 Å². The highest BCUT2D eigenvalue weighted by molar-refractivity contribution is 5.86. The molecule has 0 atom stereocenters. The molecule has 0 saturated heterocycles. The molecule has 38 heavy (non-hydrogen) atoms. The van der Waals surface area contributed by atoms with Crippen molar-refractivity contribution in [2.45, 2.75) is 13.1 Å². The van der Waals surface area contributed by atoms with Gasteiger partial charge in [-0.25, -0.2) is 14.4 Å². The molecule has 0 saturated carbocycles. The van der Waals surface area contributed by atoms with E-state index in [1.54, 1.807) is 35.2 Å². The maximum atomic E-state index is 13.6. The van der Waals surface area contributed by atoms with Crippen molar-refractivity contribution in [1.82, 2.24) is 15.0 Å². The molecule has 0 fully saturated rings. The molecule has 0 aliphatic rings. The van der Waals surface area contributed by atoms with Gasteiger partial charge in [0, 0.05) is 29.2 Å². The minimum Gasteiger partial charge on any atom is -0.437 e. The molecule has 5 aromatic rings. The summed E-state index contributed by atoms with van der Waals surface area (Å²) in [6, 6.07) is 20.9. The van der Waals surface area contributed by atoms with Crippen molar-refractivity contribution in [3.63, 3.8) is 0 Å². The molecule has 0 aliphatic heterocycles. The highest BCUT2D eigenvalue weighted by atomic mass is 19.4. The van der Waals surface area contributed by atoms with Crippen LogP contribution >= 0.6 is 0 Å². The van der Waals surface area contributed by atoms with Crippen LogP contribution in [0.1, 0.15) is 12.5 Å². The lowest BCUT2D eigenvalue weighted by Crippen LogP contribution is -2.19. The summed E-state index contributed by atoms with van der Waals surface area (Å²) in [6.07, 6.45) is -4.46. The second-order valence-corrected chi connectivity index (χ2v) is 8.35. The molecule has 10 heteroatoms. The van der Waals surface area contributed by atoms with Crippen molar-refractivity contribution in [3.8, 4) is 22.9 Å². The lowest BCUT2D eigenvalue weighted by atomic mass is 10.1. The molecular weight excluding hydrogens is 498 g/mol. The van der Waals surface area contributed by atoms with Crippen LogP contribution in [0.25, 0.3) is 22.2 Å². The number of ether oxygens (including phenoxy) is 1. The smallest absolute Gasteiger partial charge is 0.416 e. The second kappa shape index (κ2) is 9.97. The van der Waals surface area contributed by atoms with Crippen LogP contribution in [0.2, 0.25) is 0 Å². The number of pyridine rings is 1. The fourth-order valence-corrected chi connectivity index (χ4v) is 3.95. The highest BCUT2D eigenvalue weighted by Gasteiger charge is 2.30. The van der Waals surface area contributed by atoms with E-state index >= 15 is 0 Å². The average Bonchev–Trinajstić information content (AvgIpc) is 2.90. The Bertz CT molecular complexity index is 1590. The van der Waals surface area contributed by atoms with E-state index in [0.29, 0.717) is 40.6 Å². The predicted molar refractivity (Wildman–Crippen MR) is 138 cm³/mol. The molecule has 2 N–H and O–H groups in total. The number of alkyl halides is 3. The maximum absolute atomic E-state index is 13.6. The Kier molecular flexibility index (Phi) is 6.54. The number of halogens is 4. The monoisotopic (exact) mass is 519 g/mol. The van der Waals surface area contributed by atoms with Gasteiger partial charge in [0.2, 0.25) is 11.8 Å². The van der Waals surface area contributed by atoms with Crippen LogP contribution in [0.15, 0.2) is 84.9 Å². The number of benzene rings is 3. The molecule has 192 valence electrons. The van der Waals surface area contributed by atoms with Crippen LogP contribution in [-0.2, 0) is 6.18 Å². The van der Waals surface area contributed by atoms with Crippen molar-refractivity contribution in [2.24, 2.45) is 0 Å². The van der Waals surface area contributed by atoms with Gasteiger partial charge in [0.1, 0.15) is 17.2 Å². The topological polar surface area (TPSA) is 77.2 Å². The lowest BCUT2D eigenvalue weighted by molar-refractivity contribution is -0.137. The third-order valence-electron chi connectivity index (χ3n) is 5.81. The highest BCUT2D eigenvalue weighted by Crippen LogP contribution is 2.35. The summed E-state index contributed by atoms with van der Waals surface area (Å²) in [6.45, 7) is 2.29. The first-order valence-electron chi connectivity index (χ1n) is 11.6. The fraction of sp³-hybridized carbons (Fsp3) is 0.107. The Morgan fingerprint density at radius 3 is 2.29 bits per heavy atom. The van der Waals surface area contributed by atoms with Crippen LogP contribution in [0, 0.1) is 5.82 Å². The van der Waals surface area contributed by atoms with Crippen molar-refractivity contribution in [1.29, 1.82) is 0 Å². The molecule has 0 amide bonds. The third-order valence-corrected chi connectivity index (χ3v) is 5.81. The molecular formula is C28H21F4N5O. The number of nitrogens with zero attached hydrogens (tertiary/aromatic N) is 4. The van der Waals surface area contributed by atoms with E-state index in [1.807, 2.05) is 19.1 Å². The van der Waals surface area contributed by atoms with Crippen LogP contribution in [0.5, 0.6) is 11.6 Å². The predicted octanol–water partition coefficient (Wildman–Crippen LogP) is 7.38. The molecule has 2 aromatic heterocycles. The summed E-state index contributed by atoms with van der Waals surface area (Å²) < 4.78 is 59.1. The Balaban J connectivity index is 1.62. The lowest BCUT2D eigenvalue weighted by Gasteiger charge is -2.22. The van der Waals surface area contributed by atoms with E-state index in [-0.39, 0.29) is 11.8 Å². The first-order chi connectivity index (χ1) is 18.2. The van der Waals surface area contributed by atoms with E-state index in [2.05, 4.69) is 15.0 Å². The summed E-state index contributed by atoms with van der Waals surface area (Å²) in [5.41, 5.74) is 7.03. The minimum absolute atomic E-state index is 0.141. The molecule has 2 heterocycles. The Morgan fingerprint density at radius 2 is 1.61 bits per heavy atom. The van der Waals surface area contributed by atoms with Crippen LogP contribution < -0.4 is 15.4 Å². The number of aromatic nitrogens is 3. The fourth-order valence-electron chi connectivity index (χ4n) is 3.95. The van der Waals surface area contributed by atoms with E-state index in [4.69, 9.17) is 10.5 Å². The number of nitrogens with two attached hydrogens (primary N) is 1. The molecule has 3 aromatic carbocycles. The summed E-state index contributed by atoms with van der Waals surface area (Å²) in [4.78, 5) is 15.3. The van der Waals surface area contributed by atoms with Gasteiger partial charge in [-0.05, 0) is 61.5 Å². The second-order valence-electron chi connectivity index (χ2n) is 8.35. The molecule has 0 spiro atoms. The van der Waals surface area contributed by atoms with Crippen LogP contribution in [0.4, 0.5) is 35.0 Å². The average molecular weight is 520 g/mol. The number of rotatable bonds is 6. The Hall–Kier alpha value is -4.73. The van der Waals surface area contributed by atoms with E-state index in [1.165, 1.54) is 30.3 Å². The zero-order valence-corrected chi connectivity index (χ0v) is 20.1. The number of hydrogen-bond donors (Lipinski definition) is 1. The van der Waals surface area contributed by atoms with E-state index in [9.17, 15) is 17.6 Å². The van der Waals surface area contributed by atoms with Gasteiger partial charge in [0.15, 0.2) is 5.75 Å². The minimum atomic E-state index is -4.46. The van der Waals surface area contributed by atoms with Crippen molar-refractivity contribution in [2.75, 3.05) is 17.2 Å². The van der Waals surface area contributed by atoms with Crippen molar-refractivity contribution < 1.29 is 22.3 Å². The zero-order valence-electron chi connectivity index (χ0n) is 20.1. The van der Waals surface area contributed by atoms with Crippen LogP contribution in [-0.4, -0.2) is 21.5 Å². The van der Waals surface area contributed by atoms with Gasteiger partial charge in [-0.1, -0.05) is 24.3 Å². The maximum Gasteiger partial charge on any atom is 0.416 e. The first-order valence-corrected chi connectivity index (χ1v) is 11.6. The van der Waals surface area contributed by atoms with Gasteiger partial charge in [-0.3, -0.25) is 0 Å². The van der Waals surface area contributed by atoms with Crippen LogP contribution in [0.3, 0.4) is 0 Å². The first kappa shape index (κ1) is 24.9. The van der Waals surface area contributed by atoms with Gasteiger partial charge in [-0.15, -0.1) is 0 Å². The van der Waals surface area contributed by atoms with Gasteiger partial charge >= 0.3 is 6.18 Å². The normalized spacial score (nSPS) is 11.5. The molecule has 0 unspecified atom stereocenters. The molecule has 0 bridgehead atoms. The number of nitrogen functional groups attached to an aromatic ring is 1. The number of anilines is 3. The largest absolute Gasteiger partial charge is 0.437 e. The summed E-state index contributed by atoms with van der Waals surface area (Å²) in [5, 5.41) is 0.801. The van der Waals surface area contributed by atoms with Crippen molar-refractivity contribution in [3.05, 3.63) is 96.3 Å². The third kappa shape index (κ3) is 5.19. The zero-order chi connectivity index (χ0) is 26.9. The molecule has 5 rings (SSSR count). The number of hydrogen-bond acceptors (Lipinski definition) is 6.